The fourth-order valence-electron chi connectivity index (χ4n) is 2.22. The fraction of sp³-hybridized carbons (Fsp3) is 0.235. The summed E-state index contributed by atoms with van der Waals surface area (Å²) in [6.07, 6.45) is -0.566. The topological polar surface area (TPSA) is 105 Å². The van der Waals surface area contributed by atoms with Crippen LogP contribution in [-0.2, 0) is 4.74 Å². The van der Waals surface area contributed by atoms with E-state index in [2.05, 4.69) is 10.6 Å². The van der Waals surface area contributed by atoms with Crippen molar-refractivity contribution >= 4 is 28.7 Å². The van der Waals surface area contributed by atoms with Crippen LogP contribution in [0.15, 0.2) is 36.4 Å². The molecule has 7 heteroatoms. The summed E-state index contributed by atoms with van der Waals surface area (Å²) in [4.78, 5) is 34.8. The van der Waals surface area contributed by atoms with E-state index in [1.165, 1.54) is 6.07 Å². The molecular formula is C17H18N2O5. The second-order valence-corrected chi connectivity index (χ2v) is 4.95. The number of hydrogen-bond acceptors (Lipinski definition) is 4. The third-order valence-corrected chi connectivity index (χ3v) is 3.32. The summed E-state index contributed by atoms with van der Waals surface area (Å²) in [6, 6.07) is 10.2. The largest absolute Gasteiger partial charge is 0.478 e. The second kappa shape index (κ2) is 7.96. The van der Waals surface area contributed by atoms with Gasteiger partial charge in [-0.25, -0.2) is 9.59 Å². The first kappa shape index (κ1) is 17.3. The van der Waals surface area contributed by atoms with Crippen LogP contribution in [0.25, 0.3) is 10.8 Å². The Bertz CT molecular complexity index is 773. The van der Waals surface area contributed by atoms with Gasteiger partial charge in [0.2, 0.25) is 0 Å². The standard InChI is InChI=1S/C17H18N2O5/c1-2-24-17(23)19-8-7-18-15(20)13-9-11-5-3-4-6-12(11)10-14(13)16(21)22/h3-6,9-10H,2,7-8H2,1H3,(H,18,20)(H,19,23)(H,21,22). The van der Waals surface area contributed by atoms with Crippen LogP contribution in [0.2, 0.25) is 0 Å². The molecule has 0 fully saturated rings. The number of ether oxygens (including phenoxy) is 1. The molecule has 0 aliphatic carbocycles. The van der Waals surface area contributed by atoms with Gasteiger partial charge in [-0.1, -0.05) is 24.3 Å². The molecule has 0 aliphatic rings. The van der Waals surface area contributed by atoms with Crippen molar-refractivity contribution < 1.29 is 24.2 Å². The lowest BCUT2D eigenvalue weighted by Crippen LogP contribution is -2.35. The smallest absolute Gasteiger partial charge is 0.407 e. The minimum Gasteiger partial charge on any atom is -0.478 e. The molecule has 3 N–H and O–H groups in total. The van der Waals surface area contributed by atoms with Gasteiger partial charge in [0.25, 0.3) is 5.91 Å². The fourth-order valence-corrected chi connectivity index (χ4v) is 2.22. The molecule has 126 valence electrons. The van der Waals surface area contributed by atoms with Gasteiger partial charge in [0.05, 0.1) is 17.7 Å². The van der Waals surface area contributed by atoms with Crippen LogP contribution in [-0.4, -0.2) is 42.8 Å². The van der Waals surface area contributed by atoms with Gasteiger partial charge in [0.15, 0.2) is 0 Å². The SMILES string of the molecule is CCOC(=O)NCCNC(=O)c1cc2ccccc2cc1C(=O)O. The molecule has 0 aliphatic heterocycles. The Morgan fingerprint density at radius 1 is 1.00 bits per heavy atom. The minimum absolute atomic E-state index is 0.0652. The highest BCUT2D eigenvalue weighted by Crippen LogP contribution is 2.20. The van der Waals surface area contributed by atoms with Gasteiger partial charge >= 0.3 is 12.1 Å². The molecule has 0 bridgehead atoms. The number of rotatable bonds is 6. The van der Waals surface area contributed by atoms with Crippen molar-refractivity contribution in [1.29, 1.82) is 0 Å². The molecule has 0 atom stereocenters. The Morgan fingerprint density at radius 2 is 1.58 bits per heavy atom. The van der Waals surface area contributed by atoms with E-state index >= 15 is 0 Å². The van der Waals surface area contributed by atoms with Gasteiger partial charge in [-0.2, -0.15) is 0 Å². The first-order chi connectivity index (χ1) is 11.5. The van der Waals surface area contributed by atoms with Gasteiger partial charge in [0.1, 0.15) is 0 Å². The number of amides is 2. The average Bonchev–Trinajstić information content (AvgIpc) is 2.57. The number of fused-ring (bicyclic) bond motifs is 1. The van der Waals surface area contributed by atoms with E-state index < -0.39 is 18.0 Å². The maximum Gasteiger partial charge on any atom is 0.407 e. The molecule has 7 nitrogen and oxygen atoms in total. The van der Waals surface area contributed by atoms with Gasteiger partial charge in [0, 0.05) is 13.1 Å². The van der Waals surface area contributed by atoms with Gasteiger partial charge < -0.3 is 20.5 Å². The van der Waals surface area contributed by atoms with E-state index in [-0.39, 0.29) is 30.8 Å². The highest BCUT2D eigenvalue weighted by Gasteiger charge is 2.17. The lowest BCUT2D eigenvalue weighted by Gasteiger charge is -2.10. The van der Waals surface area contributed by atoms with Crippen LogP contribution in [0, 0.1) is 0 Å². The number of carboxylic acid groups (broad SMARTS) is 1. The zero-order valence-corrected chi connectivity index (χ0v) is 13.2. The summed E-state index contributed by atoms with van der Waals surface area (Å²) in [5.74, 6) is -1.68. The van der Waals surface area contributed by atoms with Crippen LogP contribution in [0.1, 0.15) is 27.6 Å². The molecule has 0 unspecified atom stereocenters. The van der Waals surface area contributed by atoms with Crippen molar-refractivity contribution in [1.82, 2.24) is 10.6 Å². The molecule has 0 heterocycles. The maximum absolute atomic E-state index is 12.3. The van der Waals surface area contributed by atoms with Crippen molar-refractivity contribution in [3.8, 4) is 0 Å². The maximum atomic E-state index is 12.3. The van der Waals surface area contributed by atoms with Crippen LogP contribution in [0.3, 0.4) is 0 Å². The van der Waals surface area contributed by atoms with E-state index in [0.717, 1.165) is 10.8 Å². The number of hydrogen-bond donors (Lipinski definition) is 3. The highest BCUT2D eigenvalue weighted by molar-refractivity contribution is 6.08. The molecule has 0 spiro atoms. The van der Waals surface area contributed by atoms with Gasteiger partial charge in [-0.3, -0.25) is 4.79 Å². The molecule has 0 saturated heterocycles. The van der Waals surface area contributed by atoms with Gasteiger partial charge in [-0.05, 0) is 29.8 Å². The molecule has 2 amide bonds. The zero-order valence-electron chi connectivity index (χ0n) is 13.2. The summed E-state index contributed by atoms with van der Waals surface area (Å²) < 4.78 is 4.69. The Balaban J connectivity index is 2.09. The third kappa shape index (κ3) is 4.22. The first-order valence-electron chi connectivity index (χ1n) is 7.48. The molecule has 0 saturated carbocycles. The number of carbonyl (C=O) groups is 3. The highest BCUT2D eigenvalue weighted by atomic mass is 16.5. The number of carboxylic acids is 1. The Hall–Kier alpha value is -3.09. The summed E-state index contributed by atoms with van der Waals surface area (Å²) in [5.41, 5.74) is 0.0156. The molecule has 0 radical (unpaired) electrons. The predicted molar refractivity (Wildman–Crippen MR) is 88.3 cm³/mol. The molecule has 2 aromatic carbocycles. The van der Waals surface area contributed by atoms with E-state index in [1.54, 1.807) is 31.2 Å². The van der Waals surface area contributed by atoms with Crippen molar-refractivity contribution in [3.05, 3.63) is 47.5 Å². The van der Waals surface area contributed by atoms with Gasteiger partial charge in [-0.15, -0.1) is 0 Å². The minimum atomic E-state index is -1.17. The monoisotopic (exact) mass is 330 g/mol. The molecule has 2 rings (SSSR count). The lowest BCUT2D eigenvalue weighted by molar-refractivity contribution is 0.0691. The van der Waals surface area contributed by atoms with Crippen LogP contribution < -0.4 is 10.6 Å². The van der Waals surface area contributed by atoms with Crippen molar-refractivity contribution in [3.63, 3.8) is 0 Å². The molecular weight excluding hydrogens is 312 g/mol. The number of aromatic carboxylic acids is 1. The quantitative estimate of drug-likeness (QED) is 0.703. The summed E-state index contributed by atoms with van der Waals surface area (Å²) in [5, 5.41) is 15.9. The second-order valence-electron chi connectivity index (χ2n) is 4.95. The van der Waals surface area contributed by atoms with E-state index in [4.69, 9.17) is 4.74 Å². The third-order valence-electron chi connectivity index (χ3n) is 3.32. The van der Waals surface area contributed by atoms with E-state index in [0.29, 0.717) is 0 Å². The Labute approximate surface area is 138 Å². The van der Waals surface area contributed by atoms with Crippen LogP contribution >= 0.6 is 0 Å². The summed E-state index contributed by atoms with van der Waals surface area (Å²) >= 11 is 0. The van der Waals surface area contributed by atoms with E-state index in [1.807, 2.05) is 6.07 Å². The molecule has 0 aromatic heterocycles. The lowest BCUT2D eigenvalue weighted by atomic mass is 10.0. The zero-order chi connectivity index (χ0) is 17.5. The number of benzene rings is 2. The molecule has 2 aromatic rings. The average molecular weight is 330 g/mol. The number of nitrogens with one attached hydrogen (secondary N) is 2. The Kier molecular flexibility index (Phi) is 5.73. The van der Waals surface area contributed by atoms with Crippen LogP contribution in [0.4, 0.5) is 4.79 Å². The van der Waals surface area contributed by atoms with Crippen molar-refractivity contribution in [2.75, 3.05) is 19.7 Å². The summed E-state index contributed by atoms with van der Waals surface area (Å²) in [6.45, 7) is 2.29. The Morgan fingerprint density at radius 3 is 2.17 bits per heavy atom. The van der Waals surface area contributed by atoms with Crippen molar-refractivity contribution in [2.24, 2.45) is 0 Å². The number of alkyl carbamates (subject to hydrolysis) is 1. The first-order valence-corrected chi connectivity index (χ1v) is 7.48. The molecule has 24 heavy (non-hydrogen) atoms. The number of carbonyl (C=O) groups excluding carboxylic acids is 2. The van der Waals surface area contributed by atoms with E-state index in [9.17, 15) is 19.5 Å². The summed E-state index contributed by atoms with van der Waals surface area (Å²) in [7, 11) is 0. The predicted octanol–water partition coefficient (Wildman–Crippen LogP) is 2.01. The normalized spacial score (nSPS) is 10.2. The van der Waals surface area contributed by atoms with Crippen molar-refractivity contribution in [2.45, 2.75) is 6.92 Å². The van der Waals surface area contributed by atoms with Crippen LogP contribution in [0.5, 0.6) is 0 Å².